The van der Waals surface area contributed by atoms with E-state index in [-0.39, 0.29) is 12.1 Å². The van der Waals surface area contributed by atoms with Gasteiger partial charge in [0.2, 0.25) is 12.3 Å². The molecule has 0 aromatic carbocycles. The number of rotatable bonds is 7. The number of thiophene rings is 1. The van der Waals surface area contributed by atoms with Crippen LogP contribution in [0, 0.1) is 0 Å². The minimum absolute atomic E-state index is 0.0170. The van der Waals surface area contributed by atoms with Gasteiger partial charge in [0.1, 0.15) is 11.2 Å². The van der Waals surface area contributed by atoms with Crippen LogP contribution in [0.3, 0.4) is 0 Å². The molecule has 25 heavy (non-hydrogen) atoms. The molecule has 3 rings (SSSR count). The third-order valence-corrected chi connectivity index (χ3v) is 5.23. The number of ether oxygens (including phenoxy) is 2. The number of hydrogen-bond acceptors (Lipinski definition) is 7. The second-order valence-corrected chi connectivity index (χ2v) is 7.01. The maximum atomic E-state index is 12.1. The van der Waals surface area contributed by atoms with Crippen LogP contribution >= 0.6 is 11.3 Å². The van der Waals surface area contributed by atoms with Crippen molar-refractivity contribution in [2.75, 3.05) is 62.8 Å². The van der Waals surface area contributed by atoms with Crippen molar-refractivity contribution >= 4 is 33.7 Å². The molecule has 0 spiro atoms. The Bertz CT molecular complexity index is 570. The van der Waals surface area contributed by atoms with Crippen LogP contribution in [-0.4, -0.2) is 76.0 Å². The van der Waals surface area contributed by atoms with E-state index in [1.807, 2.05) is 12.1 Å². The Morgan fingerprint density at radius 1 is 1.36 bits per heavy atom. The SMILES string of the molecule is O=CN(c1ccc(NC(=O)CCN2CCOCC2)s1)C1COCCN1. The van der Waals surface area contributed by atoms with Gasteiger partial charge in [-0.2, -0.15) is 0 Å². The van der Waals surface area contributed by atoms with E-state index in [1.165, 1.54) is 11.3 Å². The summed E-state index contributed by atoms with van der Waals surface area (Å²) in [5.41, 5.74) is 0. The number of carbonyl (C=O) groups is 2. The van der Waals surface area contributed by atoms with Gasteiger partial charge in [-0.3, -0.25) is 24.7 Å². The maximum absolute atomic E-state index is 12.1. The number of morpholine rings is 2. The first-order valence-electron chi connectivity index (χ1n) is 8.51. The fourth-order valence-electron chi connectivity index (χ4n) is 2.83. The number of nitrogens with one attached hydrogen (secondary N) is 2. The van der Waals surface area contributed by atoms with Gasteiger partial charge in [0.25, 0.3) is 0 Å². The molecule has 0 saturated carbocycles. The zero-order valence-corrected chi connectivity index (χ0v) is 14.9. The summed E-state index contributed by atoms with van der Waals surface area (Å²) in [6.07, 6.45) is 1.07. The Morgan fingerprint density at radius 2 is 2.20 bits per heavy atom. The van der Waals surface area contributed by atoms with Crippen LogP contribution in [0.15, 0.2) is 12.1 Å². The lowest BCUT2D eigenvalue weighted by molar-refractivity contribution is -0.116. The predicted octanol–water partition coefficient (Wildman–Crippen LogP) is 0.318. The number of nitrogens with zero attached hydrogens (tertiary/aromatic N) is 2. The van der Waals surface area contributed by atoms with E-state index >= 15 is 0 Å². The molecule has 1 aromatic heterocycles. The second kappa shape index (κ2) is 9.25. The van der Waals surface area contributed by atoms with Crippen LogP contribution < -0.4 is 15.5 Å². The highest BCUT2D eigenvalue weighted by atomic mass is 32.1. The first kappa shape index (κ1) is 18.3. The molecule has 2 aliphatic rings. The molecule has 0 bridgehead atoms. The van der Waals surface area contributed by atoms with Crippen LogP contribution in [0.5, 0.6) is 0 Å². The van der Waals surface area contributed by atoms with Crippen molar-refractivity contribution in [3.05, 3.63) is 12.1 Å². The number of amides is 2. The van der Waals surface area contributed by atoms with Crippen molar-refractivity contribution in [2.24, 2.45) is 0 Å². The third kappa shape index (κ3) is 5.23. The molecule has 1 atom stereocenters. The van der Waals surface area contributed by atoms with Crippen molar-refractivity contribution in [1.82, 2.24) is 10.2 Å². The summed E-state index contributed by atoms with van der Waals surface area (Å²) in [5, 5.41) is 7.68. The minimum atomic E-state index is -0.172. The van der Waals surface area contributed by atoms with Crippen LogP contribution in [0.1, 0.15) is 6.42 Å². The zero-order chi connectivity index (χ0) is 17.5. The topological polar surface area (TPSA) is 83.1 Å². The molecule has 2 saturated heterocycles. The highest BCUT2D eigenvalue weighted by Gasteiger charge is 2.22. The lowest BCUT2D eigenvalue weighted by Gasteiger charge is -2.31. The Morgan fingerprint density at radius 3 is 2.92 bits per heavy atom. The normalized spacial score (nSPS) is 21.7. The lowest BCUT2D eigenvalue weighted by atomic mass is 10.3. The molecule has 2 amide bonds. The molecule has 138 valence electrons. The number of anilines is 2. The summed E-state index contributed by atoms with van der Waals surface area (Å²) in [5.74, 6) is -0.0170. The Hall–Kier alpha value is -1.52. The largest absolute Gasteiger partial charge is 0.379 e. The average molecular weight is 368 g/mol. The summed E-state index contributed by atoms with van der Waals surface area (Å²) in [4.78, 5) is 27.4. The molecular formula is C16H24N4O4S. The zero-order valence-electron chi connectivity index (χ0n) is 14.1. The van der Waals surface area contributed by atoms with Crippen molar-refractivity contribution in [3.63, 3.8) is 0 Å². The minimum Gasteiger partial charge on any atom is -0.379 e. The smallest absolute Gasteiger partial charge is 0.226 e. The molecule has 0 aliphatic carbocycles. The Balaban J connectivity index is 1.49. The highest BCUT2D eigenvalue weighted by Crippen LogP contribution is 2.30. The van der Waals surface area contributed by atoms with Crippen LogP contribution in [-0.2, 0) is 19.1 Å². The van der Waals surface area contributed by atoms with Crippen molar-refractivity contribution in [2.45, 2.75) is 12.6 Å². The molecule has 8 nitrogen and oxygen atoms in total. The van der Waals surface area contributed by atoms with E-state index in [0.717, 1.165) is 49.3 Å². The monoisotopic (exact) mass is 368 g/mol. The van der Waals surface area contributed by atoms with Gasteiger partial charge >= 0.3 is 0 Å². The van der Waals surface area contributed by atoms with E-state index in [4.69, 9.17) is 9.47 Å². The molecule has 1 aromatic rings. The van der Waals surface area contributed by atoms with Crippen molar-refractivity contribution in [1.29, 1.82) is 0 Å². The molecular weight excluding hydrogens is 344 g/mol. The lowest BCUT2D eigenvalue weighted by Crippen LogP contribution is -2.52. The van der Waals surface area contributed by atoms with Gasteiger partial charge in [-0.05, 0) is 12.1 Å². The maximum Gasteiger partial charge on any atom is 0.226 e. The van der Waals surface area contributed by atoms with Gasteiger partial charge in [-0.15, -0.1) is 11.3 Å². The van der Waals surface area contributed by atoms with Gasteiger partial charge in [0.15, 0.2) is 0 Å². The van der Waals surface area contributed by atoms with E-state index in [1.54, 1.807) is 4.90 Å². The summed E-state index contributed by atoms with van der Waals surface area (Å²) >= 11 is 1.38. The molecule has 2 N–H and O–H groups in total. The predicted molar refractivity (Wildman–Crippen MR) is 96.0 cm³/mol. The van der Waals surface area contributed by atoms with Crippen molar-refractivity contribution in [3.8, 4) is 0 Å². The summed E-state index contributed by atoms with van der Waals surface area (Å²) in [6.45, 7) is 5.77. The van der Waals surface area contributed by atoms with E-state index < -0.39 is 0 Å². The average Bonchev–Trinajstić information content (AvgIpc) is 3.10. The van der Waals surface area contributed by atoms with Gasteiger partial charge in [0, 0.05) is 32.6 Å². The van der Waals surface area contributed by atoms with Gasteiger partial charge in [0.05, 0.1) is 31.4 Å². The summed E-state index contributed by atoms with van der Waals surface area (Å²) in [6, 6.07) is 3.67. The summed E-state index contributed by atoms with van der Waals surface area (Å²) < 4.78 is 10.7. The molecule has 0 radical (unpaired) electrons. The standard InChI is InChI=1S/C16H24N4O4S/c21-12-20(13-11-24-8-4-17-13)16-2-1-15(25-16)18-14(22)3-5-19-6-9-23-10-7-19/h1-2,12-13,17H,3-11H2,(H,18,22). The van der Waals surface area contributed by atoms with Crippen LogP contribution in [0.25, 0.3) is 0 Å². The first-order valence-corrected chi connectivity index (χ1v) is 9.32. The number of hydrogen-bond donors (Lipinski definition) is 2. The quantitative estimate of drug-likeness (QED) is 0.675. The Labute approximate surface area is 151 Å². The van der Waals surface area contributed by atoms with E-state index in [0.29, 0.717) is 26.2 Å². The molecule has 9 heteroatoms. The molecule has 2 aliphatic heterocycles. The third-order valence-electron chi connectivity index (χ3n) is 4.22. The fourth-order valence-corrected chi connectivity index (χ4v) is 3.77. The highest BCUT2D eigenvalue weighted by molar-refractivity contribution is 7.20. The molecule has 1 unspecified atom stereocenters. The molecule has 2 fully saturated rings. The fraction of sp³-hybridized carbons (Fsp3) is 0.625. The number of carbonyl (C=O) groups excluding carboxylic acids is 2. The van der Waals surface area contributed by atoms with Gasteiger partial charge in [-0.25, -0.2) is 0 Å². The van der Waals surface area contributed by atoms with E-state index in [9.17, 15) is 9.59 Å². The first-order chi connectivity index (χ1) is 12.3. The molecule has 3 heterocycles. The van der Waals surface area contributed by atoms with Crippen LogP contribution in [0.4, 0.5) is 10.0 Å². The second-order valence-electron chi connectivity index (χ2n) is 5.95. The van der Waals surface area contributed by atoms with Gasteiger partial charge in [-0.1, -0.05) is 0 Å². The Kier molecular flexibility index (Phi) is 6.76. The van der Waals surface area contributed by atoms with Crippen LogP contribution in [0.2, 0.25) is 0 Å². The van der Waals surface area contributed by atoms with E-state index in [2.05, 4.69) is 15.5 Å². The summed E-state index contributed by atoms with van der Waals surface area (Å²) in [7, 11) is 0. The van der Waals surface area contributed by atoms with Gasteiger partial charge < -0.3 is 14.8 Å². The van der Waals surface area contributed by atoms with Crippen molar-refractivity contribution < 1.29 is 19.1 Å².